The lowest BCUT2D eigenvalue weighted by molar-refractivity contribution is 0.221. The summed E-state index contributed by atoms with van der Waals surface area (Å²) < 4.78 is 26.3. The van der Waals surface area contributed by atoms with Crippen molar-refractivity contribution in [3.05, 3.63) is 70.5 Å². The first-order valence-electron chi connectivity index (χ1n) is 8.32. The molecule has 0 aliphatic carbocycles. The highest BCUT2D eigenvalue weighted by Gasteiger charge is 2.17. The topological polar surface area (TPSA) is 79.4 Å². The zero-order valence-electron chi connectivity index (χ0n) is 15.3. The summed E-state index contributed by atoms with van der Waals surface area (Å²) in [4.78, 5) is 16.5. The lowest BCUT2D eigenvalue weighted by atomic mass is 10.1. The van der Waals surface area contributed by atoms with Crippen LogP contribution in [0.5, 0.6) is 11.5 Å². The molecule has 3 rings (SSSR count). The normalized spacial score (nSPS) is 11.9. The number of aryl methyl sites for hydroxylation is 1. The van der Waals surface area contributed by atoms with Gasteiger partial charge in [-0.2, -0.15) is 0 Å². The van der Waals surface area contributed by atoms with E-state index in [0.717, 1.165) is 0 Å². The van der Waals surface area contributed by atoms with E-state index < -0.39 is 11.9 Å². The molecule has 0 bridgehead atoms. The third kappa shape index (κ3) is 3.76. The van der Waals surface area contributed by atoms with Gasteiger partial charge in [0.15, 0.2) is 11.6 Å². The van der Waals surface area contributed by atoms with E-state index in [0.29, 0.717) is 28.2 Å². The number of hydrogen-bond donors (Lipinski definition) is 1. The standard InChI is InChI=1S/C20H20FN3O3/c1-12(16-10-14(21)6-7-17(16)26-3)27-18-9-13(11-23-19(18)22)15-5-4-8-24(2)20(15)25/h4-12H,1-3H3,(H2,22,23). The molecule has 2 N–H and O–H groups in total. The Kier molecular flexibility index (Phi) is 5.12. The summed E-state index contributed by atoms with van der Waals surface area (Å²) in [6, 6.07) is 9.34. The molecule has 3 aromatic rings. The number of nitrogens with two attached hydrogens (primary N) is 1. The van der Waals surface area contributed by atoms with Crippen molar-refractivity contribution in [1.29, 1.82) is 0 Å². The third-order valence-electron chi connectivity index (χ3n) is 4.25. The van der Waals surface area contributed by atoms with Gasteiger partial charge in [-0.3, -0.25) is 4.79 Å². The van der Waals surface area contributed by atoms with Crippen molar-refractivity contribution in [2.24, 2.45) is 7.05 Å². The molecule has 1 aromatic carbocycles. The zero-order valence-corrected chi connectivity index (χ0v) is 15.3. The van der Waals surface area contributed by atoms with E-state index in [1.807, 2.05) is 0 Å². The van der Waals surface area contributed by atoms with Crippen molar-refractivity contribution in [3.63, 3.8) is 0 Å². The number of methoxy groups -OCH3 is 1. The van der Waals surface area contributed by atoms with Crippen molar-refractivity contribution in [2.45, 2.75) is 13.0 Å². The molecule has 0 amide bonds. The molecule has 1 atom stereocenters. The molecule has 140 valence electrons. The lowest BCUT2D eigenvalue weighted by Gasteiger charge is -2.19. The predicted octanol–water partition coefficient (Wildman–Crippen LogP) is 3.32. The van der Waals surface area contributed by atoms with Gasteiger partial charge in [-0.15, -0.1) is 0 Å². The maximum absolute atomic E-state index is 13.6. The van der Waals surface area contributed by atoms with Gasteiger partial charge in [-0.25, -0.2) is 9.37 Å². The van der Waals surface area contributed by atoms with Gasteiger partial charge in [0, 0.05) is 36.1 Å². The molecule has 0 spiro atoms. The van der Waals surface area contributed by atoms with E-state index in [9.17, 15) is 9.18 Å². The Morgan fingerprint density at radius 3 is 2.74 bits per heavy atom. The van der Waals surface area contributed by atoms with E-state index in [1.165, 1.54) is 36.1 Å². The van der Waals surface area contributed by atoms with Crippen LogP contribution in [-0.4, -0.2) is 16.7 Å². The van der Waals surface area contributed by atoms with Gasteiger partial charge in [-0.1, -0.05) is 0 Å². The molecule has 2 heterocycles. The van der Waals surface area contributed by atoms with Crippen LogP contribution < -0.4 is 20.8 Å². The fourth-order valence-corrected chi connectivity index (χ4v) is 2.79. The van der Waals surface area contributed by atoms with Crippen LogP contribution in [0.15, 0.2) is 53.6 Å². The number of benzene rings is 1. The monoisotopic (exact) mass is 369 g/mol. The van der Waals surface area contributed by atoms with Crippen LogP contribution in [0, 0.1) is 5.82 Å². The smallest absolute Gasteiger partial charge is 0.258 e. The number of pyridine rings is 2. The van der Waals surface area contributed by atoms with Crippen LogP contribution in [0.2, 0.25) is 0 Å². The predicted molar refractivity (Wildman–Crippen MR) is 101 cm³/mol. The summed E-state index contributed by atoms with van der Waals surface area (Å²) in [7, 11) is 3.18. The number of nitrogens with zero attached hydrogens (tertiary/aromatic N) is 2. The van der Waals surface area contributed by atoms with Crippen LogP contribution in [-0.2, 0) is 7.05 Å². The fourth-order valence-electron chi connectivity index (χ4n) is 2.79. The van der Waals surface area contributed by atoms with E-state index in [4.69, 9.17) is 15.2 Å². The van der Waals surface area contributed by atoms with Crippen LogP contribution in [0.1, 0.15) is 18.6 Å². The maximum atomic E-state index is 13.6. The van der Waals surface area contributed by atoms with Crippen molar-refractivity contribution in [3.8, 4) is 22.6 Å². The highest BCUT2D eigenvalue weighted by Crippen LogP contribution is 2.33. The Morgan fingerprint density at radius 2 is 2.00 bits per heavy atom. The summed E-state index contributed by atoms with van der Waals surface area (Å²) in [5, 5.41) is 0. The van der Waals surface area contributed by atoms with Gasteiger partial charge in [0.2, 0.25) is 0 Å². The Hall–Kier alpha value is -3.35. The van der Waals surface area contributed by atoms with Crippen molar-refractivity contribution in [1.82, 2.24) is 9.55 Å². The summed E-state index contributed by atoms with van der Waals surface area (Å²) in [6.45, 7) is 1.75. The number of aromatic nitrogens is 2. The van der Waals surface area contributed by atoms with Gasteiger partial charge in [0.1, 0.15) is 17.7 Å². The molecule has 6 nitrogen and oxygen atoms in total. The van der Waals surface area contributed by atoms with Gasteiger partial charge < -0.3 is 19.8 Å². The summed E-state index contributed by atoms with van der Waals surface area (Å²) in [6.07, 6.45) is 2.65. The SMILES string of the molecule is COc1ccc(F)cc1C(C)Oc1cc(-c2cccn(C)c2=O)cnc1N. The van der Waals surface area contributed by atoms with Crippen LogP contribution in [0.3, 0.4) is 0 Å². The van der Waals surface area contributed by atoms with Gasteiger partial charge >= 0.3 is 0 Å². The number of ether oxygens (including phenoxy) is 2. The number of anilines is 1. The highest BCUT2D eigenvalue weighted by atomic mass is 19.1. The number of nitrogen functional groups attached to an aromatic ring is 1. The van der Waals surface area contributed by atoms with E-state index in [1.54, 1.807) is 38.4 Å². The molecule has 7 heteroatoms. The zero-order chi connectivity index (χ0) is 19.6. The van der Waals surface area contributed by atoms with Crippen molar-refractivity contribution < 1.29 is 13.9 Å². The van der Waals surface area contributed by atoms with Gasteiger partial charge in [0.25, 0.3) is 5.56 Å². The highest BCUT2D eigenvalue weighted by molar-refractivity contribution is 5.66. The first-order valence-corrected chi connectivity index (χ1v) is 8.32. The average Bonchev–Trinajstić information content (AvgIpc) is 2.66. The molecule has 0 saturated carbocycles. The molecule has 2 aromatic heterocycles. The minimum absolute atomic E-state index is 0.158. The first kappa shape index (κ1) is 18.4. The molecule has 0 aliphatic heterocycles. The van der Waals surface area contributed by atoms with Crippen molar-refractivity contribution in [2.75, 3.05) is 12.8 Å². The van der Waals surface area contributed by atoms with E-state index in [2.05, 4.69) is 4.98 Å². The second-order valence-electron chi connectivity index (χ2n) is 6.09. The third-order valence-corrected chi connectivity index (χ3v) is 4.25. The minimum Gasteiger partial charge on any atom is -0.496 e. The molecule has 0 saturated heterocycles. The largest absolute Gasteiger partial charge is 0.496 e. The second-order valence-corrected chi connectivity index (χ2v) is 6.09. The molecule has 0 fully saturated rings. The molecule has 0 radical (unpaired) electrons. The summed E-state index contributed by atoms with van der Waals surface area (Å²) >= 11 is 0. The molecule has 27 heavy (non-hydrogen) atoms. The quantitative estimate of drug-likeness (QED) is 0.746. The Labute approximate surface area is 156 Å². The van der Waals surface area contributed by atoms with Crippen LogP contribution in [0.4, 0.5) is 10.2 Å². The minimum atomic E-state index is -0.548. The summed E-state index contributed by atoms with van der Waals surface area (Å²) in [5.74, 6) is 0.586. The van der Waals surface area contributed by atoms with Gasteiger partial charge in [0.05, 0.1) is 7.11 Å². The van der Waals surface area contributed by atoms with Gasteiger partial charge in [-0.05, 0) is 43.3 Å². The van der Waals surface area contributed by atoms with E-state index >= 15 is 0 Å². The Balaban J connectivity index is 1.97. The second kappa shape index (κ2) is 7.49. The average molecular weight is 369 g/mol. The maximum Gasteiger partial charge on any atom is 0.258 e. The fraction of sp³-hybridized carbons (Fsp3) is 0.200. The number of halogens is 1. The molecule has 0 aliphatic rings. The molecular formula is C20H20FN3O3. The summed E-state index contributed by atoms with van der Waals surface area (Å²) in [5.41, 5.74) is 7.38. The van der Waals surface area contributed by atoms with Crippen LogP contribution in [0.25, 0.3) is 11.1 Å². The molecular weight excluding hydrogens is 349 g/mol. The lowest BCUT2D eigenvalue weighted by Crippen LogP contribution is -2.17. The Morgan fingerprint density at radius 1 is 1.22 bits per heavy atom. The van der Waals surface area contributed by atoms with Crippen LogP contribution >= 0.6 is 0 Å². The molecule has 1 unspecified atom stereocenters. The van der Waals surface area contributed by atoms with E-state index in [-0.39, 0.29) is 11.4 Å². The number of hydrogen-bond acceptors (Lipinski definition) is 5. The first-order chi connectivity index (χ1) is 12.9. The van der Waals surface area contributed by atoms with Crippen molar-refractivity contribution >= 4 is 5.82 Å². The number of rotatable bonds is 5. The Bertz CT molecular complexity index is 1030.